The zero-order valence-electron chi connectivity index (χ0n) is 12.3. The summed E-state index contributed by atoms with van der Waals surface area (Å²) in [6.07, 6.45) is 3.10. The second-order valence-electron chi connectivity index (χ2n) is 4.77. The molecule has 0 unspecified atom stereocenters. The Kier molecular flexibility index (Phi) is 3.96. The van der Waals surface area contributed by atoms with Crippen LogP contribution in [0.4, 0.5) is 5.69 Å². The van der Waals surface area contributed by atoms with Gasteiger partial charge in [-0.3, -0.25) is 4.79 Å². The van der Waals surface area contributed by atoms with Crippen molar-refractivity contribution in [2.24, 2.45) is 0 Å². The maximum Gasteiger partial charge on any atom is 0.258 e. The fourth-order valence-electron chi connectivity index (χ4n) is 2.31. The highest BCUT2D eigenvalue weighted by Crippen LogP contribution is 2.17. The van der Waals surface area contributed by atoms with Crippen molar-refractivity contribution in [3.63, 3.8) is 0 Å². The lowest BCUT2D eigenvalue weighted by Crippen LogP contribution is -2.30. The first-order valence-corrected chi connectivity index (χ1v) is 7.11. The second-order valence-corrected chi connectivity index (χ2v) is 4.77. The van der Waals surface area contributed by atoms with Gasteiger partial charge in [0.1, 0.15) is 12.7 Å². The lowest BCUT2D eigenvalue weighted by molar-refractivity contribution is 0.0988. The Hall–Kier alpha value is -2.95. The predicted octanol–water partition coefficient (Wildman–Crippen LogP) is 2.93. The number of aromatic nitrogens is 3. The molecule has 0 radical (unpaired) electrons. The molecule has 0 saturated heterocycles. The van der Waals surface area contributed by atoms with Crippen LogP contribution in [0.15, 0.2) is 67.3 Å². The van der Waals surface area contributed by atoms with Crippen LogP contribution in [0.1, 0.15) is 17.3 Å². The molecule has 0 atom stereocenters. The molecular weight excluding hydrogens is 276 g/mol. The van der Waals surface area contributed by atoms with Gasteiger partial charge in [-0.15, -0.1) is 0 Å². The zero-order valence-corrected chi connectivity index (χ0v) is 12.3. The molecule has 0 aliphatic rings. The van der Waals surface area contributed by atoms with Gasteiger partial charge in [0, 0.05) is 17.8 Å². The number of carbonyl (C=O) groups is 1. The van der Waals surface area contributed by atoms with Crippen LogP contribution >= 0.6 is 0 Å². The van der Waals surface area contributed by atoms with Gasteiger partial charge in [0.2, 0.25) is 0 Å². The normalized spacial score (nSPS) is 10.4. The molecule has 0 spiro atoms. The molecule has 3 aromatic rings. The molecule has 0 N–H and O–H groups in total. The second kappa shape index (κ2) is 6.22. The highest BCUT2D eigenvalue weighted by atomic mass is 16.2. The number of anilines is 1. The zero-order chi connectivity index (χ0) is 15.4. The van der Waals surface area contributed by atoms with E-state index in [2.05, 4.69) is 10.1 Å². The third-order valence-electron chi connectivity index (χ3n) is 3.43. The fraction of sp³-hybridized carbons (Fsp3) is 0.118. The Morgan fingerprint density at radius 3 is 2.41 bits per heavy atom. The lowest BCUT2D eigenvalue weighted by atomic mass is 10.1. The van der Waals surface area contributed by atoms with Crippen LogP contribution in [0.2, 0.25) is 0 Å². The first-order valence-electron chi connectivity index (χ1n) is 7.11. The molecule has 0 bridgehead atoms. The minimum atomic E-state index is -0.0150. The summed E-state index contributed by atoms with van der Waals surface area (Å²) < 4.78 is 1.66. The molecule has 3 rings (SSSR count). The molecule has 110 valence electrons. The summed E-state index contributed by atoms with van der Waals surface area (Å²) in [5.74, 6) is -0.0150. The van der Waals surface area contributed by atoms with Gasteiger partial charge in [0.15, 0.2) is 0 Å². The van der Waals surface area contributed by atoms with E-state index in [1.54, 1.807) is 15.9 Å². The topological polar surface area (TPSA) is 51.0 Å². The van der Waals surface area contributed by atoms with Crippen molar-refractivity contribution in [2.75, 3.05) is 11.4 Å². The van der Waals surface area contributed by atoms with Crippen LogP contribution in [0.3, 0.4) is 0 Å². The van der Waals surface area contributed by atoms with Gasteiger partial charge in [-0.25, -0.2) is 9.67 Å². The lowest BCUT2D eigenvalue weighted by Gasteiger charge is -2.21. The molecular formula is C17H16N4O. The highest BCUT2D eigenvalue weighted by Gasteiger charge is 2.15. The van der Waals surface area contributed by atoms with E-state index in [-0.39, 0.29) is 5.91 Å². The molecule has 1 heterocycles. The first-order chi connectivity index (χ1) is 10.8. The number of nitrogens with zero attached hydrogens (tertiary/aromatic N) is 4. The van der Waals surface area contributed by atoms with Crippen LogP contribution < -0.4 is 4.90 Å². The van der Waals surface area contributed by atoms with Gasteiger partial charge in [-0.05, 0) is 43.3 Å². The smallest absolute Gasteiger partial charge is 0.258 e. The summed E-state index contributed by atoms with van der Waals surface area (Å²) >= 11 is 0. The third-order valence-corrected chi connectivity index (χ3v) is 3.43. The number of hydrogen-bond donors (Lipinski definition) is 0. The maximum absolute atomic E-state index is 12.7. The summed E-state index contributed by atoms with van der Waals surface area (Å²) in [6, 6.07) is 17.0. The van der Waals surface area contributed by atoms with E-state index in [0.29, 0.717) is 12.1 Å². The van der Waals surface area contributed by atoms with Crippen molar-refractivity contribution in [2.45, 2.75) is 6.92 Å². The molecule has 0 saturated carbocycles. The molecule has 0 fully saturated rings. The summed E-state index contributed by atoms with van der Waals surface area (Å²) in [5.41, 5.74) is 2.42. The predicted molar refractivity (Wildman–Crippen MR) is 85.2 cm³/mol. The van der Waals surface area contributed by atoms with E-state index >= 15 is 0 Å². The van der Waals surface area contributed by atoms with Crippen molar-refractivity contribution >= 4 is 11.6 Å². The third kappa shape index (κ3) is 2.74. The average Bonchev–Trinajstić information content (AvgIpc) is 3.11. The quantitative estimate of drug-likeness (QED) is 0.743. The van der Waals surface area contributed by atoms with E-state index in [9.17, 15) is 4.79 Å². The molecule has 1 amide bonds. The van der Waals surface area contributed by atoms with E-state index in [1.165, 1.54) is 6.33 Å². The van der Waals surface area contributed by atoms with Crippen molar-refractivity contribution in [3.8, 4) is 5.69 Å². The minimum absolute atomic E-state index is 0.0150. The minimum Gasteiger partial charge on any atom is -0.309 e. The summed E-state index contributed by atoms with van der Waals surface area (Å²) in [7, 11) is 0. The fourth-order valence-corrected chi connectivity index (χ4v) is 2.31. The number of hydrogen-bond acceptors (Lipinski definition) is 3. The van der Waals surface area contributed by atoms with Gasteiger partial charge in [-0.2, -0.15) is 5.10 Å². The number of benzene rings is 2. The van der Waals surface area contributed by atoms with Crippen LogP contribution in [-0.2, 0) is 0 Å². The summed E-state index contributed by atoms with van der Waals surface area (Å²) in [6.45, 7) is 2.59. The molecule has 5 heteroatoms. The Bertz CT molecular complexity index is 736. The van der Waals surface area contributed by atoms with Crippen LogP contribution in [-0.4, -0.2) is 27.2 Å². The monoisotopic (exact) mass is 292 g/mol. The Morgan fingerprint density at radius 1 is 1.09 bits per heavy atom. The van der Waals surface area contributed by atoms with Crippen molar-refractivity contribution in [1.29, 1.82) is 0 Å². The molecule has 22 heavy (non-hydrogen) atoms. The van der Waals surface area contributed by atoms with Gasteiger partial charge in [0.05, 0.1) is 5.69 Å². The van der Waals surface area contributed by atoms with E-state index in [0.717, 1.165) is 11.4 Å². The molecule has 5 nitrogen and oxygen atoms in total. The van der Waals surface area contributed by atoms with Gasteiger partial charge in [0.25, 0.3) is 5.91 Å². The standard InChI is InChI=1S/C17H16N4O/c1-2-20(15-6-4-3-5-7-15)17(22)14-8-10-16(11-9-14)21-13-18-12-19-21/h3-13H,2H2,1H3. The van der Waals surface area contributed by atoms with Crippen LogP contribution in [0.5, 0.6) is 0 Å². The number of amides is 1. The largest absolute Gasteiger partial charge is 0.309 e. The Balaban J connectivity index is 1.85. The van der Waals surface area contributed by atoms with Crippen LogP contribution in [0, 0.1) is 0 Å². The maximum atomic E-state index is 12.7. The number of para-hydroxylation sites is 1. The van der Waals surface area contributed by atoms with Crippen molar-refractivity contribution < 1.29 is 4.79 Å². The van der Waals surface area contributed by atoms with Crippen molar-refractivity contribution in [3.05, 3.63) is 72.8 Å². The number of carbonyl (C=O) groups excluding carboxylic acids is 1. The first kappa shape index (κ1) is 14.0. The van der Waals surface area contributed by atoms with Gasteiger partial charge < -0.3 is 4.90 Å². The Morgan fingerprint density at radius 2 is 1.82 bits per heavy atom. The summed E-state index contributed by atoms with van der Waals surface area (Å²) in [5, 5.41) is 4.07. The van der Waals surface area contributed by atoms with E-state index < -0.39 is 0 Å². The Labute approximate surface area is 128 Å². The molecule has 0 aliphatic heterocycles. The van der Waals surface area contributed by atoms with Crippen molar-refractivity contribution in [1.82, 2.24) is 14.8 Å². The summed E-state index contributed by atoms with van der Waals surface area (Å²) in [4.78, 5) is 18.3. The molecule has 1 aromatic heterocycles. The van der Waals surface area contributed by atoms with E-state index in [4.69, 9.17) is 0 Å². The highest BCUT2D eigenvalue weighted by molar-refractivity contribution is 6.06. The molecule has 0 aliphatic carbocycles. The van der Waals surface area contributed by atoms with Gasteiger partial charge >= 0.3 is 0 Å². The average molecular weight is 292 g/mol. The number of rotatable bonds is 4. The van der Waals surface area contributed by atoms with E-state index in [1.807, 2.05) is 61.5 Å². The van der Waals surface area contributed by atoms with Crippen LogP contribution in [0.25, 0.3) is 5.69 Å². The van der Waals surface area contributed by atoms with Gasteiger partial charge in [-0.1, -0.05) is 18.2 Å². The molecule has 2 aromatic carbocycles. The SMILES string of the molecule is CCN(C(=O)c1ccc(-n2cncn2)cc1)c1ccccc1.